The van der Waals surface area contributed by atoms with Crippen molar-refractivity contribution in [2.24, 2.45) is 0 Å². The third-order valence-corrected chi connectivity index (χ3v) is 4.96. The summed E-state index contributed by atoms with van der Waals surface area (Å²) in [6.07, 6.45) is 4.38. The number of thiazole rings is 1. The zero-order valence-corrected chi connectivity index (χ0v) is 14.6. The first-order chi connectivity index (χ1) is 12.7. The first-order valence-corrected chi connectivity index (χ1v) is 9.05. The average molecular weight is 368 g/mol. The monoisotopic (exact) mass is 368 g/mol. The van der Waals surface area contributed by atoms with Gasteiger partial charge in [-0.05, 0) is 43.2 Å². The summed E-state index contributed by atoms with van der Waals surface area (Å²) in [4.78, 5) is 32.7. The number of hydrogen-bond acceptors (Lipinski definition) is 6. The highest BCUT2D eigenvalue weighted by molar-refractivity contribution is 7.22. The summed E-state index contributed by atoms with van der Waals surface area (Å²) >= 11 is 1.36. The van der Waals surface area contributed by atoms with Gasteiger partial charge < -0.3 is 10.1 Å². The van der Waals surface area contributed by atoms with Gasteiger partial charge in [-0.2, -0.15) is 0 Å². The van der Waals surface area contributed by atoms with Crippen LogP contribution in [0.25, 0.3) is 10.2 Å². The highest BCUT2D eigenvalue weighted by Gasteiger charge is 2.24. The Morgan fingerprint density at radius 2 is 2.15 bits per heavy atom. The van der Waals surface area contributed by atoms with Crippen LogP contribution in [0.5, 0.6) is 0 Å². The van der Waals surface area contributed by atoms with Crippen molar-refractivity contribution in [1.82, 2.24) is 9.97 Å². The molecule has 0 radical (unpaired) electrons. The maximum atomic E-state index is 12.2. The Morgan fingerprint density at radius 1 is 1.23 bits per heavy atom. The lowest BCUT2D eigenvalue weighted by Crippen LogP contribution is -2.26. The van der Waals surface area contributed by atoms with E-state index < -0.39 is 6.10 Å². The molecule has 7 nitrogen and oxygen atoms in total. The number of carbonyl (C=O) groups excluding carboxylic acids is 2. The molecule has 2 amide bonds. The van der Waals surface area contributed by atoms with Gasteiger partial charge in [0.2, 0.25) is 0 Å². The van der Waals surface area contributed by atoms with Gasteiger partial charge >= 0.3 is 0 Å². The molecule has 0 aliphatic carbocycles. The minimum Gasteiger partial charge on any atom is -0.368 e. The van der Waals surface area contributed by atoms with Crippen LogP contribution in [0.1, 0.15) is 23.2 Å². The molecule has 1 fully saturated rings. The summed E-state index contributed by atoms with van der Waals surface area (Å²) in [5.41, 5.74) is 1.91. The van der Waals surface area contributed by atoms with Crippen molar-refractivity contribution in [3.63, 3.8) is 0 Å². The van der Waals surface area contributed by atoms with E-state index in [0.29, 0.717) is 23.0 Å². The number of nitrogens with one attached hydrogen (secondary N) is 2. The summed E-state index contributed by atoms with van der Waals surface area (Å²) in [7, 11) is 0. The van der Waals surface area contributed by atoms with Gasteiger partial charge in [-0.25, -0.2) is 4.98 Å². The van der Waals surface area contributed by atoms with Crippen LogP contribution in [0.15, 0.2) is 42.7 Å². The van der Waals surface area contributed by atoms with Crippen LogP contribution in [-0.4, -0.2) is 34.5 Å². The molecule has 4 rings (SSSR count). The van der Waals surface area contributed by atoms with E-state index in [4.69, 9.17) is 4.74 Å². The van der Waals surface area contributed by atoms with Crippen molar-refractivity contribution in [3.05, 3.63) is 48.3 Å². The Morgan fingerprint density at radius 3 is 2.92 bits per heavy atom. The van der Waals surface area contributed by atoms with Crippen molar-refractivity contribution in [1.29, 1.82) is 0 Å². The molecule has 1 atom stereocenters. The van der Waals surface area contributed by atoms with E-state index in [9.17, 15) is 9.59 Å². The largest absolute Gasteiger partial charge is 0.368 e. The molecule has 2 aromatic heterocycles. The van der Waals surface area contributed by atoms with E-state index in [0.717, 1.165) is 23.1 Å². The van der Waals surface area contributed by atoms with Gasteiger partial charge in [-0.15, -0.1) is 0 Å². The van der Waals surface area contributed by atoms with Gasteiger partial charge in [-0.1, -0.05) is 11.3 Å². The lowest BCUT2D eigenvalue weighted by molar-refractivity contribution is -0.124. The molecular formula is C18H16N4O3S. The summed E-state index contributed by atoms with van der Waals surface area (Å²) in [6.45, 7) is 0.623. The number of nitrogens with zero attached hydrogens (tertiary/aromatic N) is 2. The summed E-state index contributed by atoms with van der Waals surface area (Å²) in [5, 5.41) is 6.17. The minimum absolute atomic E-state index is 0.161. The molecule has 0 spiro atoms. The lowest BCUT2D eigenvalue weighted by atomic mass is 10.2. The maximum Gasteiger partial charge on any atom is 0.257 e. The fourth-order valence-electron chi connectivity index (χ4n) is 2.73. The van der Waals surface area contributed by atoms with Crippen LogP contribution < -0.4 is 10.6 Å². The van der Waals surface area contributed by atoms with Crippen molar-refractivity contribution < 1.29 is 14.3 Å². The quantitative estimate of drug-likeness (QED) is 0.738. The molecule has 1 unspecified atom stereocenters. The van der Waals surface area contributed by atoms with Gasteiger partial charge in [0, 0.05) is 24.7 Å². The van der Waals surface area contributed by atoms with E-state index in [1.54, 1.807) is 24.4 Å². The second kappa shape index (κ2) is 7.19. The van der Waals surface area contributed by atoms with Crippen LogP contribution in [0.3, 0.4) is 0 Å². The first kappa shape index (κ1) is 16.6. The number of rotatable bonds is 4. The molecule has 2 N–H and O–H groups in total. The molecule has 3 heterocycles. The second-order valence-electron chi connectivity index (χ2n) is 5.89. The van der Waals surface area contributed by atoms with Crippen molar-refractivity contribution in [2.75, 3.05) is 17.2 Å². The van der Waals surface area contributed by atoms with Gasteiger partial charge in [0.15, 0.2) is 5.13 Å². The number of carbonyl (C=O) groups is 2. The number of hydrogen-bond donors (Lipinski definition) is 2. The molecule has 0 bridgehead atoms. The normalized spacial score (nSPS) is 16.5. The highest BCUT2D eigenvalue weighted by atomic mass is 32.1. The van der Waals surface area contributed by atoms with Crippen LogP contribution in [0.4, 0.5) is 10.8 Å². The second-order valence-corrected chi connectivity index (χ2v) is 6.92. The number of ether oxygens (including phenoxy) is 1. The fourth-order valence-corrected chi connectivity index (χ4v) is 3.63. The Kier molecular flexibility index (Phi) is 4.59. The predicted octanol–water partition coefficient (Wildman–Crippen LogP) is 3.06. The first-order valence-electron chi connectivity index (χ1n) is 8.23. The van der Waals surface area contributed by atoms with Crippen molar-refractivity contribution in [3.8, 4) is 0 Å². The molecule has 1 saturated heterocycles. The Bertz CT molecular complexity index is 951. The number of benzene rings is 1. The zero-order chi connectivity index (χ0) is 17.9. The molecule has 1 aliphatic heterocycles. The van der Waals surface area contributed by atoms with Crippen LogP contribution >= 0.6 is 11.3 Å². The van der Waals surface area contributed by atoms with E-state index in [1.165, 1.54) is 17.5 Å². The molecule has 132 valence electrons. The van der Waals surface area contributed by atoms with Crippen molar-refractivity contribution in [2.45, 2.75) is 18.9 Å². The standard InChI is InChI=1S/C18H16N4O3S/c23-16(11-3-1-7-19-10-11)20-12-5-6-13-15(9-12)26-18(21-13)22-17(24)14-4-2-8-25-14/h1,3,5-7,9-10,14H,2,4,8H2,(H,20,23)(H,21,22,24). The number of anilines is 2. The van der Waals surface area contributed by atoms with Gasteiger partial charge in [0.25, 0.3) is 11.8 Å². The SMILES string of the molecule is O=C(Nc1ccc2nc(NC(=O)C3CCCO3)sc2c1)c1cccnc1. The fraction of sp³-hybridized carbons (Fsp3) is 0.222. The highest BCUT2D eigenvalue weighted by Crippen LogP contribution is 2.29. The summed E-state index contributed by atoms with van der Waals surface area (Å²) in [5.74, 6) is -0.388. The van der Waals surface area contributed by atoms with E-state index >= 15 is 0 Å². The number of aromatic nitrogens is 2. The number of fused-ring (bicyclic) bond motifs is 1. The van der Waals surface area contributed by atoms with E-state index in [2.05, 4.69) is 20.6 Å². The van der Waals surface area contributed by atoms with Gasteiger partial charge in [0.05, 0.1) is 15.8 Å². The molecule has 3 aromatic rings. The molecule has 0 saturated carbocycles. The molecule has 1 aromatic carbocycles. The molecular weight excluding hydrogens is 352 g/mol. The smallest absolute Gasteiger partial charge is 0.257 e. The van der Waals surface area contributed by atoms with E-state index in [-0.39, 0.29) is 11.8 Å². The molecule has 26 heavy (non-hydrogen) atoms. The third-order valence-electron chi connectivity index (χ3n) is 4.02. The maximum absolute atomic E-state index is 12.2. The van der Waals surface area contributed by atoms with Gasteiger partial charge in [-0.3, -0.25) is 19.9 Å². The van der Waals surface area contributed by atoms with Crippen LogP contribution in [-0.2, 0) is 9.53 Å². The Labute approximate surface area is 153 Å². The Balaban J connectivity index is 1.48. The topological polar surface area (TPSA) is 93.2 Å². The molecule has 1 aliphatic rings. The van der Waals surface area contributed by atoms with Crippen molar-refractivity contribution >= 4 is 44.2 Å². The third kappa shape index (κ3) is 3.56. The van der Waals surface area contributed by atoms with E-state index in [1.807, 2.05) is 12.1 Å². The lowest BCUT2D eigenvalue weighted by Gasteiger charge is -2.07. The number of amides is 2. The summed E-state index contributed by atoms with van der Waals surface area (Å²) < 4.78 is 6.25. The van der Waals surface area contributed by atoms with Gasteiger partial charge in [0.1, 0.15) is 6.10 Å². The predicted molar refractivity (Wildman–Crippen MR) is 99.4 cm³/mol. The van der Waals surface area contributed by atoms with Crippen LogP contribution in [0.2, 0.25) is 0 Å². The summed E-state index contributed by atoms with van der Waals surface area (Å²) in [6, 6.07) is 8.84. The minimum atomic E-state index is -0.392. The average Bonchev–Trinajstić information content (AvgIpc) is 3.31. The van der Waals surface area contributed by atoms with Crippen LogP contribution in [0, 0.1) is 0 Å². The number of pyridine rings is 1. The Hall–Kier alpha value is -2.84. The molecule has 8 heteroatoms. The zero-order valence-electron chi connectivity index (χ0n) is 13.8.